The lowest BCUT2D eigenvalue weighted by molar-refractivity contribution is 0.0792. The van der Waals surface area contributed by atoms with Crippen LogP contribution in [0.5, 0.6) is 0 Å². The molecule has 2 heterocycles. The molecule has 3 aromatic rings. The first-order chi connectivity index (χ1) is 11.0. The molecule has 0 spiro atoms. The van der Waals surface area contributed by atoms with Gasteiger partial charge in [-0.15, -0.1) is 21.5 Å². The fraction of sp³-hybridized carbons (Fsp3) is 0.286. The molecule has 0 saturated carbocycles. The Hall–Kier alpha value is -1.70. The molecule has 9 heteroatoms. The highest BCUT2D eigenvalue weighted by molar-refractivity contribution is 7.21. The van der Waals surface area contributed by atoms with Crippen molar-refractivity contribution in [2.75, 3.05) is 13.6 Å². The number of H-pyrrole nitrogens is 1. The Balaban J connectivity index is 1.83. The highest BCUT2D eigenvalue weighted by Crippen LogP contribution is 2.37. The topological polar surface area (TPSA) is 74.8 Å². The van der Waals surface area contributed by atoms with Crippen LogP contribution >= 0.6 is 34.5 Å². The van der Waals surface area contributed by atoms with Gasteiger partial charge in [0.15, 0.2) is 5.82 Å². The molecule has 3 rings (SSSR count). The third-order valence-electron chi connectivity index (χ3n) is 3.48. The van der Waals surface area contributed by atoms with Crippen molar-refractivity contribution in [3.63, 3.8) is 0 Å². The molecular formula is C14H13Cl2N5OS. The zero-order valence-electron chi connectivity index (χ0n) is 12.4. The Kier molecular flexibility index (Phi) is 4.52. The van der Waals surface area contributed by atoms with Crippen LogP contribution in [0, 0.1) is 0 Å². The van der Waals surface area contributed by atoms with E-state index in [1.165, 1.54) is 11.3 Å². The lowest BCUT2D eigenvalue weighted by Crippen LogP contribution is -2.30. The van der Waals surface area contributed by atoms with E-state index in [1.807, 2.05) is 19.1 Å². The van der Waals surface area contributed by atoms with Crippen molar-refractivity contribution in [2.45, 2.75) is 12.8 Å². The van der Waals surface area contributed by atoms with Gasteiger partial charge in [-0.2, -0.15) is 5.21 Å². The van der Waals surface area contributed by atoms with E-state index in [9.17, 15) is 4.79 Å². The first-order valence-electron chi connectivity index (χ1n) is 6.83. The number of nitrogens with zero attached hydrogens (tertiary/aromatic N) is 4. The van der Waals surface area contributed by atoms with E-state index in [-0.39, 0.29) is 11.8 Å². The van der Waals surface area contributed by atoms with Crippen LogP contribution in [-0.4, -0.2) is 45.0 Å². The van der Waals surface area contributed by atoms with E-state index in [4.69, 9.17) is 23.2 Å². The van der Waals surface area contributed by atoms with Gasteiger partial charge in [0.25, 0.3) is 5.91 Å². The highest BCUT2D eigenvalue weighted by atomic mass is 35.5. The van der Waals surface area contributed by atoms with E-state index < -0.39 is 0 Å². The second-order valence-electron chi connectivity index (χ2n) is 5.24. The average Bonchev–Trinajstić information content (AvgIpc) is 3.15. The maximum absolute atomic E-state index is 12.7. The predicted octanol–water partition coefficient (Wildman–Crippen LogP) is 3.60. The fourth-order valence-corrected chi connectivity index (χ4v) is 4.09. The Morgan fingerprint density at radius 3 is 2.91 bits per heavy atom. The Labute approximate surface area is 146 Å². The Bertz CT molecular complexity index is 848. The van der Waals surface area contributed by atoms with Gasteiger partial charge in [-0.25, -0.2) is 0 Å². The van der Waals surface area contributed by atoms with Gasteiger partial charge in [0.1, 0.15) is 4.88 Å². The van der Waals surface area contributed by atoms with E-state index in [1.54, 1.807) is 18.0 Å². The molecule has 1 aromatic carbocycles. The summed E-state index contributed by atoms with van der Waals surface area (Å²) in [6.07, 6.45) is 0. The number of aromatic amines is 1. The number of halogens is 2. The van der Waals surface area contributed by atoms with Crippen molar-refractivity contribution >= 4 is 50.5 Å². The molecule has 0 bridgehead atoms. The predicted molar refractivity (Wildman–Crippen MR) is 91.4 cm³/mol. The van der Waals surface area contributed by atoms with Crippen LogP contribution < -0.4 is 0 Å². The largest absolute Gasteiger partial charge is 0.340 e. The third kappa shape index (κ3) is 3.17. The van der Waals surface area contributed by atoms with Gasteiger partial charge in [-0.1, -0.05) is 41.4 Å². The summed E-state index contributed by atoms with van der Waals surface area (Å²) in [4.78, 5) is 14.8. The molecule has 0 radical (unpaired) electrons. The summed E-state index contributed by atoms with van der Waals surface area (Å²) in [6, 6.07) is 5.40. The van der Waals surface area contributed by atoms with Crippen LogP contribution in [0.1, 0.15) is 28.3 Å². The minimum atomic E-state index is -0.136. The number of aromatic nitrogens is 4. The molecule has 1 unspecified atom stereocenters. The van der Waals surface area contributed by atoms with Crippen molar-refractivity contribution in [3.8, 4) is 0 Å². The average molecular weight is 370 g/mol. The molecule has 2 aromatic heterocycles. The van der Waals surface area contributed by atoms with Crippen molar-refractivity contribution in [1.29, 1.82) is 0 Å². The van der Waals surface area contributed by atoms with Crippen molar-refractivity contribution in [2.24, 2.45) is 0 Å². The van der Waals surface area contributed by atoms with Crippen LogP contribution in [0.4, 0.5) is 0 Å². The first kappa shape index (κ1) is 16.2. The van der Waals surface area contributed by atoms with Crippen LogP contribution in [0.25, 0.3) is 10.1 Å². The number of fused-ring (bicyclic) bond motifs is 1. The molecule has 1 atom stereocenters. The number of benzene rings is 1. The van der Waals surface area contributed by atoms with Gasteiger partial charge in [0, 0.05) is 34.6 Å². The first-order valence-corrected chi connectivity index (χ1v) is 8.41. The summed E-state index contributed by atoms with van der Waals surface area (Å²) in [5.41, 5.74) is 0. The molecule has 0 aliphatic carbocycles. The minimum Gasteiger partial charge on any atom is -0.340 e. The molecule has 120 valence electrons. The molecule has 6 nitrogen and oxygen atoms in total. The lowest BCUT2D eigenvalue weighted by Gasteiger charge is -2.19. The van der Waals surface area contributed by atoms with Crippen LogP contribution in [0.2, 0.25) is 10.0 Å². The van der Waals surface area contributed by atoms with Crippen molar-refractivity contribution in [3.05, 3.63) is 38.9 Å². The van der Waals surface area contributed by atoms with Gasteiger partial charge >= 0.3 is 0 Å². The number of tetrazole rings is 1. The number of hydrogen-bond acceptors (Lipinski definition) is 5. The smallest absolute Gasteiger partial charge is 0.265 e. The quantitative estimate of drug-likeness (QED) is 0.762. The second-order valence-corrected chi connectivity index (χ2v) is 7.11. The van der Waals surface area contributed by atoms with Crippen molar-refractivity contribution < 1.29 is 4.79 Å². The molecule has 23 heavy (non-hydrogen) atoms. The summed E-state index contributed by atoms with van der Waals surface area (Å²) in [5, 5.41) is 15.7. The standard InChI is InChI=1S/C14H13Cl2N5OS/c1-7(13-17-19-20-18-13)6-21(2)14(22)12-11(16)9-4-3-8(15)5-10(9)23-12/h3-5,7H,6H2,1-2H3,(H,17,18,19,20). The molecule has 1 amide bonds. The van der Waals surface area contributed by atoms with Gasteiger partial charge < -0.3 is 4.90 Å². The van der Waals surface area contributed by atoms with E-state index in [0.29, 0.717) is 27.3 Å². The number of likely N-dealkylation sites (N-methyl/N-ethyl adjacent to an activating group) is 1. The Morgan fingerprint density at radius 1 is 1.43 bits per heavy atom. The van der Waals surface area contributed by atoms with Crippen molar-refractivity contribution in [1.82, 2.24) is 25.5 Å². The SMILES string of the molecule is CC(CN(C)C(=O)c1sc2cc(Cl)ccc2c1Cl)c1nn[nH]n1. The number of thiophene rings is 1. The number of carbonyl (C=O) groups is 1. The summed E-state index contributed by atoms with van der Waals surface area (Å²) in [7, 11) is 1.73. The molecule has 0 fully saturated rings. The number of rotatable bonds is 4. The molecule has 0 saturated heterocycles. The molecule has 0 aliphatic rings. The number of hydrogen-bond donors (Lipinski definition) is 1. The van der Waals surface area contributed by atoms with E-state index >= 15 is 0 Å². The molecule has 0 aliphatic heterocycles. The third-order valence-corrected chi connectivity index (χ3v) is 5.36. The van der Waals surface area contributed by atoms with Gasteiger partial charge in [-0.05, 0) is 12.1 Å². The fourth-order valence-electron chi connectivity index (χ4n) is 2.30. The highest BCUT2D eigenvalue weighted by Gasteiger charge is 2.23. The number of amides is 1. The zero-order valence-corrected chi connectivity index (χ0v) is 14.7. The molecular weight excluding hydrogens is 357 g/mol. The summed E-state index contributed by atoms with van der Waals surface area (Å²) >= 11 is 13.7. The van der Waals surface area contributed by atoms with Crippen LogP contribution in [-0.2, 0) is 0 Å². The van der Waals surface area contributed by atoms with E-state index in [0.717, 1.165) is 10.1 Å². The number of carbonyl (C=O) groups excluding carboxylic acids is 1. The monoisotopic (exact) mass is 369 g/mol. The maximum atomic E-state index is 12.7. The second kappa shape index (κ2) is 6.43. The summed E-state index contributed by atoms with van der Waals surface area (Å²) in [5.74, 6) is 0.395. The lowest BCUT2D eigenvalue weighted by atomic mass is 10.1. The zero-order chi connectivity index (χ0) is 16.6. The van der Waals surface area contributed by atoms with Crippen LogP contribution in [0.3, 0.4) is 0 Å². The van der Waals surface area contributed by atoms with Gasteiger partial charge in [-0.3, -0.25) is 4.79 Å². The Morgan fingerprint density at radius 2 is 2.22 bits per heavy atom. The van der Waals surface area contributed by atoms with Gasteiger partial charge in [0.05, 0.1) is 5.02 Å². The summed E-state index contributed by atoms with van der Waals surface area (Å²) in [6.45, 7) is 2.39. The van der Waals surface area contributed by atoms with E-state index in [2.05, 4.69) is 20.6 Å². The summed E-state index contributed by atoms with van der Waals surface area (Å²) < 4.78 is 0.894. The van der Waals surface area contributed by atoms with Crippen LogP contribution in [0.15, 0.2) is 18.2 Å². The normalized spacial score (nSPS) is 12.5. The number of nitrogens with one attached hydrogen (secondary N) is 1. The minimum absolute atomic E-state index is 0.0368. The maximum Gasteiger partial charge on any atom is 0.265 e. The van der Waals surface area contributed by atoms with Gasteiger partial charge in [0.2, 0.25) is 0 Å². The molecule has 1 N–H and O–H groups in total.